The summed E-state index contributed by atoms with van der Waals surface area (Å²) >= 11 is 0. The van der Waals surface area contributed by atoms with Crippen molar-refractivity contribution in [3.63, 3.8) is 0 Å². The predicted octanol–water partition coefficient (Wildman–Crippen LogP) is 2.28. The molecule has 0 bridgehead atoms. The average molecular weight is 376 g/mol. The maximum absolute atomic E-state index is 12.5. The molecule has 0 saturated heterocycles. The van der Waals surface area contributed by atoms with Gasteiger partial charge in [-0.1, -0.05) is 12.1 Å². The highest BCUT2D eigenvalue weighted by molar-refractivity contribution is 5.99. The lowest BCUT2D eigenvalue weighted by atomic mass is 9.82. The van der Waals surface area contributed by atoms with Gasteiger partial charge in [-0.3, -0.25) is 10.1 Å². The minimum Gasteiger partial charge on any atom is -0.463 e. The zero-order valence-corrected chi connectivity index (χ0v) is 15.2. The zero-order chi connectivity index (χ0) is 20.1. The van der Waals surface area contributed by atoms with E-state index < -0.39 is 22.8 Å². The number of esters is 2. The molecule has 0 radical (unpaired) electrons. The molecular formula is C18H20N2O7. The Morgan fingerprint density at radius 1 is 1.19 bits per heavy atom. The molecule has 0 amide bonds. The molecule has 1 aromatic rings. The number of nitro groups is 1. The van der Waals surface area contributed by atoms with Crippen molar-refractivity contribution in [2.45, 2.75) is 26.7 Å². The molecule has 1 heterocycles. The number of allylic oxidation sites excluding steroid dienone is 1. The van der Waals surface area contributed by atoms with Gasteiger partial charge in [0, 0.05) is 12.1 Å². The Bertz CT molecular complexity index is 802. The highest BCUT2D eigenvalue weighted by Gasteiger charge is 2.40. The summed E-state index contributed by atoms with van der Waals surface area (Å²) in [5.74, 6) is -2.58. The van der Waals surface area contributed by atoms with E-state index >= 15 is 0 Å². The number of nitrogens with two attached hydrogens (primary N) is 1. The number of ether oxygens (including phenoxy) is 3. The van der Waals surface area contributed by atoms with Crippen LogP contribution in [-0.4, -0.2) is 30.1 Å². The van der Waals surface area contributed by atoms with Crippen LogP contribution in [0.4, 0.5) is 5.69 Å². The summed E-state index contributed by atoms with van der Waals surface area (Å²) < 4.78 is 15.5. The third kappa shape index (κ3) is 4.08. The molecule has 2 rings (SSSR count). The van der Waals surface area contributed by atoms with Crippen LogP contribution in [-0.2, 0) is 23.8 Å². The lowest BCUT2D eigenvalue weighted by molar-refractivity contribution is -0.384. The third-order valence-electron chi connectivity index (χ3n) is 3.89. The topological polar surface area (TPSA) is 131 Å². The fraction of sp³-hybridized carbons (Fsp3) is 0.333. The second-order valence-corrected chi connectivity index (χ2v) is 5.58. The summed E-state index contributed by atoms with van der Waals surface area (Å²) in [7, 11) is 0. The van der Waals surface area contributed by atoms with Crippen molar-refractivity contribution in [1.29, 1.82) is 0 Å². The van der Waals surface area contributed by atoms with Crippen LogP contribution in [0.5, 0.6) is 0 Å². The van der Waals surface area contributed by atoms with Crippen molar-refractivity contribution in [1.82, 2.24) is 0 Å². The molecule has 144 valence electrons. The maximum Gasteiger partial charge on any atom is 0.340 e. The van der Waals surface area contributed by atoms with Crippen LogP contribution in [0.2, 0.25) is 0 Å². The molecule has 0 aliphatic carbocycles. The molecule has 0 spiro atoms. The number of carbonyl (C=O) groups excluding carboxylic acids is 2. The van der Waals surface area contributed by atoms with Gasteiger partial charge in [-0.05, 0) is 26.3 Å². The van der Waals surface area contributed by atoms with E-state index in [1.54, 1.807) is 19.9 Å². The summed E-state index contributed by atoms with van der Waals surface area (Å²) in [6.07, 6.45) is 0. The number of hydrogen-bond acceptors (Lipinski definition) is 8. The SMILES string of the molecule is CCOC(=O)C1=C(C)OC(N)=C(C(=O)OCC)[C@H]1c1cccc([N+](=O)[O-])c1. The van der Waals surface area contributed by atoms with Crippen LogP contribution in [0.1, 0.15) is 32.3 Å². The van der Waals surface area contributed by atoms with E-state index in [1.165, 1.54) is 25.1 Å². The Morgan fingerprint density at radius 3 is 2.33 bits per heavy atom. The third-order valence-corrected chi connectivity index (χ3v) is 3.89. The summed E-state index contributed by atoms with van der Waals surface area (Å²) in [6, 6.07) is 5.59. The molecule has 27 heavy (non-hydrogen) atoms. The first kappa shape index (κ1) is 20.0. The molecule has 1 aliphatic rings. The zero-order valence-electron chi connectivity index (χ0n) is 15.2. The Morgan fingerprint density at radius 2 is 1.78 bits per heavy atom. The van der Waals surface area contributed by atoms with Gasteiger partial charge in [0.2, 0.25) is 5.88 Å². The Kier molecular flexibility index (Phi) is 6.17. The largest absolute Gasteiger partial charge is 0.463 e. The molecule has 9 nitrogen and oxygen atoms in total. The first-order valence-electron chi connectivity index (χ1n) is 8.28. The quantitative estimate of drug-likeness (QED) is 0.454. The second kappa shape index (κ2) is 8.35. The van der Waals surface area contributed by atoms with Gasteiger partial charge in [0.25, 0.3) is 5.69 Å². The first-order chi connectivity index (χ1) is 12.8. The van der Waals surface area contributed by atoms with E-state index in [9.17, 15) is 19.7 Å². The second-order valence-electron chi connectivity index (χ2n) is 5.58. The smallest absolute Gasteiger partial charge is 0.340 e. The van der Waals surface area contributed by atoms with Gasteiger partial charge in [-0.15, -0.1) is 0 Å². The van der Waals surface area contributed by atoms with E-state index in [-0.39, 0.29) is 41.7 Å². The van der Waals surface area contributed by atoms with Gasteiger partial charge in [-0.25, -0.2) is 9.59 Å². The van der Waals surface area contributed by atoms with E-state index in [1.807, 2.05) is 0 Å². The van der Waals surface area contributed by atoms with Crippen molar-refractivity contribution in [2.24, 2.45) is 5.73 Å². The van der Waals surface area contributed by atoms with Crippen LogP contribution < -0.4 is 5.73 Å². The van der Waals surface area contributed by atoms with Crippen LogP contribution >= 0.6 is 0 Å². The highest BCUT2D eigenvalue weighted by Crippen LogP contribution is 2.41. The van der Waals surface area contributed by atoms with Gasteiger partial charge in [-0.2, -0.15) is 0 Å². The van der Waals surface area contributed by atoms with Gasteiger partial charge in [0.1, 0.15) is 11.3 Å². The summed E-state index contributed by atoms with van der Waals surface area (Å²) in [5, 5.41) is 11.1. The van der Waals surface area contributed by atoms with Crippen molar-refractivity contribution >= 4 is 17.6 Å². The Hall–Kier alpha value is -3.36. The lowest BCUT2D eigenvalue weighted by Gasteiger charge is -2.28. The molecule has 9 heteroatoms. The number of rotatable bonds is 6. The van der Waals surface area contributed by atoms with Crippen molar-refractivity contribution < 1.29 is 28.7 Å². The van der Waals surface area contributed by atoms with Crippen LogP contribution in [0.15, 0.2) is 47.1 Å². The van der Waals surface area contributed by atoms with Gasteiger partial charge in [0.15, 0.2) is 0 Å². The molecule has 2 N–H and O–H groups in total. The molecule has 0 unspecified atom stereocenters. The summed E-state index contributed by atoms with van der Waals surface area (Å²) in [6.45, 7) is 4.94. The normalized spacial score (nSPS) is 16.6. The minimum absolute atomic E-state index is 0.0367. The van der Waals surface area contributed by atoms with E-state index in [2.05, 4.69) is 0 Å². The minimum atomic E-state index is -1.02. The van der Waals surface area contributed by atoms with Crippen LogP contribution in [0, 0.1) is 10.1 Å². The molecule has 0 aromatic heterocycles. The summed E-state index contributed by atoms with van der Waals surface area (Å²) in [4.78, 5) is 35.6. The van der Waals surface area contributed by atoms with Crippen molar-refractivity contribution in [3.8, 4) is 0 Å². The van der Waals surface area contributed by atoms with Crippen molar-refractivity contribution in [2.75, 3.05) is 13.2 Å². The predicted molar refractivity (Wildman–Crippen MR) is 94.1 cm³/mol. The van der Waals surface area contributed by atoms with Gasteiger partial charge >= 0.3 is 11.9 Å². The monoisotopic (exact) mass is 376 g/mol. The average Bonchev–Trinajstić information content (AvgIpc) is 2.61. The van der Waals surface area contributed by atoms with Gasteiger partial charge < -0.3 is 19.9 Å². The van der Waals surface area contributed by atoms with Crippen LogP contribution in [0.25, 0.3) is 0 Å². The molecule has 0 fully saturated rings. The lowest BCUT2D eigenvalue weighted by Crippen LogP contribution is -2.30. The Labute approximate surface area is 155 Å². The van der Waals surface area contributed by atoms with E-state index in [4.69, 9.17) is 19.9 Å². The molecule has 1 aromatic carbocycles. The number of nitrogens with zero attached hydrogens (tertiary/aromatic N) is 1. The Balaban J connectivity index is 2.68. The molecule has 1 atom stereocenters. The summed E-state index contributed by atoms with van der Waals surface area (Å²) in [5.41, 5.74) is 5.96. The molecule has 1 aliphatic heterocycles. The molecule has 0 saturated carbocycles. The molecular weight excluding hydrogens is 356 g/mol. The van der Waals surface area contributed by atoms with Gasteiger partial charge in [0.05, 0.1) is 29.6 Å². The standard InChI is InChI=1S/C18H20N2O7/c1-4-25-17(21)13-10(3)27-16(19)15(18(22)26-5-2)14(13)11-7-6-8-12(9-11)20(23)24/h6-9,14H,4-5,19H2,1-3H3/t14-/m0/s1. The fourth-order valence-corrected chi connectivity index (χ4v) is 2.81. The van der Waals surface area contributed by atoms with E-state index in [0.717, 1.165) is 0 Å². The number of benzene rings is 1. The van der Waals surface area contributed by atoms with Crippen LogP contribution in [0.3, 0.4) is 0 Å². The number of carbonyl (C=O) groups is 2. The van der Waals surface area contributed by atoms with E-state index in [0.29, 0.717) is 5.56 Å². The first-order valence-corrected chi connectivity index (χ1v) is 8.28. The van der Waals surface area contributed by atoms with Crippen molar-refractivity contribution in [3.05, 3.63) is 62.7 Å². The highest BCUT2D eigenvalue weighted by atomic mass is 16.6. The maximum atomic E-state index is 12.5. The number of nitro benzene ring substituents is 1. The number of hydrogen-bond donors (Lipinski definition) is 1. The number of non-ortho nitro benzene ring substituents is 1. The fourth-order valence-electron chi connectivity index (χ4n) is 2.81.